The van der Waals surface area contributed by atoms with Crippen LogP contribution < -0.4 is 0 Å². The van der Waals surface area contributed by atoms with Crippen LogP contribution >= 0.6 is 0 Å². The van der Waals surface area contributed by atoms with Gasteiger partial charge in [-0.2, -0.15) is 0 Å². The number of rotatable bonds is 1. The summed E-state index contributed by atoms with van der Waals surface area (Å²) in [6.45, 7) is 6.73. The lowest BCUT2D eigenvalue weighted by Gasteiger charge is -2.33. The summed E-state index contributed by atoms with van der Waals surface area (Å²) in [7, 11) is 0. The molecule has 0 amide bonds. The van der Waals surface area contributed by atoms with E-state index in [1.165, 1.54) is 29.5 Å². The average molecular weight is 318 g/mol. The van der Waals surface area contributed by atoms with E-state index in [0.29, 0.717) is 0 Å². The maximum atomic E-state index is 10.9. The Bertz CT molecular complexity index is 846. The van der Waals surface area contributed by atoms with Gasteiger partial charge in [-0.3, -0.25) is 0 Å². The highest BCUT2D eigenvalue weighted by molar-refractivity contribution is 5.87. The van der Waals surface area contributed by atoms with Crippen molar-refractivity contribution in [2.75, 3.05) is 0 Å². The van der Waals surface area contributed by atoms with Crippen molar-refractivity contribution >= 4 is 5.97 Å². The second-order valence-corrected chi connectivity index (χ2v) is 7.19. The van der Waals surface area contributed by atoms with Crippen molar-refractivity contribution in [3.05, 3.63) is 69.8 Å². The quantitative estimate of drug-likeness (QED) is 0.773. The SMILES string of the molecule is Cc1cc2c(cc1C#Cc1ccc(C(=O)O)cc1)C(C)(C)CCC2. The van der Waals surface area contributed by atoms with Gasteiger partial charge in [0, 0.05) is 11.1 Å². The number of fused-ring (bicyclic) bond motifs is 1. The molecule has 0 radical (unpaired) electrons. The summed E-state index contributed by atoms with van der Waals surface area (Å²) in [5.41, 5.74) is 6.47. The topological polar surface area (TPSA) is 37.3 Å². The Morgan fingerprint density at radius 2 is 1.83 bits per heavy atom. The van der Waals surface area contributed by atoms with Crippen LogP contribution in [-0.4, -0.2) is 11.1 Å². The van der Waals surface area contributed by atoms with E-state index >= 15 is 0 Å². The Balaban J connectivity index is 1.95. The number of carboxylic acid groups (broad SMARTS) is 1. The monoisotopic (exact) mass is 318 g/mol. The first-order chi connectivity index (χ1) is 11.4. The summed E-state index contributed by atoms with van der Waals surface area (Å²) in [6, 6.07) is 11.2. The minimum atomic E-state index is -0.915. The Hall–Kier alpha value is -2.53. The molecule has 0 heterocycles. The van der Waals surface area contributed by atoms with Crippen molar-refractivity contribution < 1.29 is 9.90 Å². The minimum Gasteiger partial charge on any atom is -0.478 e. The molecule has 0 saturated heterocycles. The highest BCUT2D eigenvalue weighted by atomic mass is 16.4. The molecule has 2 aromatic carbocycles. The molecule has 0 atom stereocenters. The molecule has 24 heavy (non-hydrogen) atoms. The third-order valence-corrected chi connectivity index (χ3v) is 4.90. The van der Waals surface area contributed by atoms with E-state index in [2.05, 4.69) is 44.7 Å². The zero-order chi connectivity index (χ0) is 17.3. The summed E-state index contributed by atoms with van der Waals surface area (Å²) >= 11 is 0. The maximum absolute atomic E-state index is 10.9. The molecule has 0 unspecified atom stereocenters. The van der Waals surface area contributed by atoms with Gasteiger partial charge in [0.05, 0.1) is 5.56 Å². The van der Waals surface area contributed by atoms with Crippen LogP contribution in [0.15, 0.2) is 36.4 Å². The molecule has 2 nitrogen and oxygen atoms in total. The molecular formula is C22H22O2. The molecule has 2 heteroatoms. The van der Waals surface area contributed by atoms with Gasteiger partial charge in [0.1, 0.15) is 0 Å². The number of carbonyl (C=O) groups is 1. The highest BCUT2D eigenvalue weighted by Gasteiger charge is 2.27. The van der Waals surface area contributed by atoms with E-state index in [0.717, 1.165) is 17.5 Å². The van der Waals surface area contributed by atoms with Gasteiger partial charge in [0.2, 0.25) is 0 Å². The van der Waals surface area contributed by atoms with Crippen molar-refractivity contribution in [2.45, 2.75) is 45.4 Å². The van der Waals surface area contributed by atoms with Crippen LogP contribution in [0.5, 0.6) is 0 Å². The number of benzene rings is 2. The van der Waals surface area contributed by atoms with Crippen LogP contribution in [0, 0.1) is 18.8 Å². The number of carboxylic acids is 1. The normalized spacial score (nSPS) is 15.1. The molecule has 0 aromatic heterocycles. The van der Waals surface area contributed by atoms with Gasteiger partial charge in [-0.25, -0.2) is 4.79 Å². The van der Waals surface area contributed by atoms with E-state index in [4.69, 9.17) is 5.11 Å². The Labute approximate surface area is 143 Å². The van der Waals surface area contributed by atoms with Gasteiger partial charge in [0.25, 0.3) is 0 Å². The Morgan fingerprint density at radius 3 is 2.50 bits per heavy atom. The first-order valence-corrected chi connectivity index (χ1v) is 8.36. The molecule has 0 bridgehead atoms. The van der Waals surface area contributed by atoms with Gasteiger partial charge in [-0.05, 0) is 78.6 Å². The second kappa shape index (κ2) is 6.17. The van der Waals surface area contributed by atoms with Gasteiger partial charge in [0.15, 0.2) is 0 Å². The van der Waals surface area contributed by atoms with Crippen molar-refractivity contribution in [1.29, 1.82) is 0 Å². The third kappa shape index (κ3) is 3.21. The van der Waals surface area contributed by atoms with Crippen molar-refractivity contribution in [3.63, 3.8) is 0 Å². The molecule has 1 N–H and O–H groups in total. The van der Waals surface area contributed by atoms with Crippen molar-refractivity contribution in [3.8, 4) is 11.8 Å². The number of hydrogen-bond donors (Lipinski definition) is 1. The van der Waals surface area contributed by atoms with Gasteiger partial charge in [-0.15, -0.1) is 0 Å². The summed E-state index contributed by atoms with van der Waals surface area (Å²) in [4.78, 5) is 10.9. The molecule has 2 aromatic rings. The van der Waals surface area contributed by atoms with Crippen LogP contribution in [0.25, 0.3) is 0 Å². The predicted molar refractivity (Wildman–Crippen MR) is 96.5 cm³/mol. The first-order valence-electron chi connectivity index (χ1n) is 8.36. The lowest BCUT2D eigenvalue weighted by Crippen LogP contribution is -2.24. The zero-order valence-electron chi connectivity index (χ0n) is 14.4. The fraction of sp³-hybridized carbons (Fsp3) is 0.318. The van der Waals surface area contributed by atoms with Gasteiger partial charge in [-0.1, -0.05) is 31.8 Å². The molecular weight excluding hydrogens is 296 g/mol. The Kier molecular flexibility index (Phi) is 4.20. The molecule has 1 aliphatic carbocycles. The summed E-state index contributed by atoms with van der Waals surface area (Å²) in [5.74, 6) is 5.51. The fourth-order valence-electron chi connectivity index (χ4n) is 3.43. The van der Waals surface area contributed by atoms with Crippen LogP contribution in [0.1, 0.15) is 64.9 Å². The summed E-state index contributed by atoms with van der Waals surface area (Å²) in [5, 5.41) is 8.95. The molecule has 0 aliphatic heterocycles. The van der Waals surface area contributed by atoms with Crippen LogP contribution in [-0.2, 0) is 11.8 Å². The van der Waals surface area contributed by atoms with E-state index in [-0.39, 0.29) is 11.0 Å². The van der Waals surface area contributed by atoms with Crippen LogP contribution in [0.3, 0.4) is 0 Å². The maximum Gasteiger partial charge on any atom is 0.335 e. The Morgan fingerprint density at radius 1 is 1.12 bits per heavy atom. The average Bonchev–Trinajstić information content (AvgIpc) is 2.53. The summed E-state index contributed by atoms with van der Waals surface area (Å²) < 4.78 is 0. The number of aromatic carboxylic acids is 1. The van der Waals surface area contributed by atoms with E-state index in [1.807, 2.05) is 0 Å². The zero-order valence-corrected chi connectivity index (χ0v) is 14.4. The molecule has 0 spiro atoms. The van der Waals surface area contributed by atoms with Gasteiger partial charge < -0.3 is 5.11 Å². The lowest BCUT2D eigenvalue weighted by molar-refractivity contribution is 0.0697. The van der Waals surface area contributed by atoms with E-state index in [9.17, 15) is 4.79 Å². The number of aryl methyl sites for hydroxylation is 2. The first kappa shape index (κ1) is 16.3. The number of hydrogen-bond acceptors (Lipinski definition) is 1. The second-order valence-electron chi connectivity index (χ2n) is 7.19. The van der Waals surface area contributed by atoms with Crippen LogP contribution in [0.4, 0.5) is 0 Å². The van der Waals surface area contributed by atoms with Crippen molar-refractivity contribution in [1.82, 2.24) is 0 Å². The van der Waals surface area contributed by atoms with Gasteiger partial charge >= 0.3 is 5.97 Å². The largest absolute Gasteiger partial charge is 0.478 e. The summed E-state index contributed by atoms with van der Waals surface area (Å²) in [6.07, 6.45) is 3.62. The van der Waals surface area contributed by atoms with E-state index < -0.39 is 5.97 Å². The minimum absolute atomic E-state index is 0.209. The standard InChI is InChI=1S/C22H22O2/c1-15-13-19-5-4-12-22(2,3)20(19)14-18(15)11-8-16-6-9-17(10-7-16)21(23)24/h6-7,9-10,13-14H,4-5,12H2,1-3H3,(H,23,24). The molecule has 1 aliphatic rings. The lowest BCUT2D eigenvalue weighted by atomic mass is 9.72. The molecule has 122 valence electrons. The van der Waals surface area contributed by atoms with Crippen molar-refractivity contribution in [2.24, 2.45) is 0 Å². The highest BCUT2D eigenvalue weighted by Crippen LogP contribution is 2.37. The molecule has 3 rings (SSSR count). The molecule has 0 fully saturated rings. The fourth-order valence-corrected chi connectivity index (χ4v) is 3.43. The smallest absolute Gasteiger partial charge is 0.335 e. The van der Waals surface area contributed by atoms with E-state index in [1.54, 1.807) is 24.3 Å². The molecule has 0 saturated carbocycles. The predicted octanol–water partition coefficient (Wildman–Crippen LogP) is 4.71. The third-order valence-electron chi connectivity index (χ3n) is 4.90. The van der Waals surface area contributed by atoms with Crippen LogP contribution in [0.2, 0.25) is 0 Å².